The first-order valence-electron chi connectivity index (χ1n) is 7.01. The molecule has 1 aromatic heterocycles. The molecule has 0 amide bonds. The van der Waals surface area contributed by atoms with Gasteiger partial charge in [-0.1, -0.05) is 18.2 Å². The van der Waals surface area contributed by atoms with E-state index in [1.807, 2.05) is 60.2 Å². The van der Waals surface area contributed by atoms with Crippen LogP contribution in [-0.2, 0) is 7.05 Å². The van der Waals surface area contributed by atoms with Crippen LogP contribution in [0.1, 0.15) is 11.4 Å². The van der Waals surface area contributed by atoms with Gasteiger partial charge in [-0.25, -0.2) is 4.98 Å². The number of rotatable bonds is 3. The lowest BCUT2D eigenvalue weighted by molar-refractivity contribution is 0.412. The van der Waals surface area contributed by atoms with Crippen molar-refractivity contribution in [1.29, 1.82) is 5.26 Å². The summed E-state index contributed by atoms with van der Waals surface area (Å²) >= 11 is 3.46. The summed E-state index contributed by atoms with van der Waals surface area (Å²) < 4.78 is 8.00. The van der Waals surface area contributed by atoms with E-state index in [4.69, 9.17) is 4.74 Å². The number of benzene rings is 2. The zero-order chi connectivity index (χ0) is 16.4. The van der Waals surface area contributed by atoms with E-state index in [2.05, 4.69) is 27.0 Å². The topological polar surface area (TPSA) is 50.8 Å². The van der Waals surface area contributed by atoms with Crippen LogP contribution in [0.4, 0.5) is 0 Å². The summed E-state index contributed by atoms with van der Waals surface area (Å²) in [5.41, 5.74) is 3.30. The molecule has 1 heterocycles. The SMILES string of the molecule is COc1ccc(/C=C(\C#N)c2nc3ccccc3n2C)cc1Br. The molecule has 3 rings (SSSR count). The highest BCUT2D eigenvalue weighted by atomic mass is 79.9. The van der Waals surface area contributed by atoms with Gasteiger partial charge in [-0.2, -0.15) is 5.26 Å². The summed E-state index contributed by atoms with van der Waals surface area (Å²) in [6, 6.07) is 15.8. The standard InChI is InChI=1S/C18H14BrN3O/c1-22-16-6-4-3-5-15(16)21-18(22)13(11-20)9-12-7-8-17(23-2)14(19)10-12/h3-10H,1-2H3/b13-9+. The van der Waals surface area contributed by atoms with E-state index in [1.165, 1.54) is 0 Å². The molecule has 23 heavy (non-hydrogen) atoms. The first-order valence-corrected chi connectivity index (χ1v) is 7.80. The average Bonchev–Trinajstić information content (AvgIpc) is 2.90. The van der Waals surface area contributed by atoms with Crippen molar-refractivity contribution in [1.82, 2.24) is 9.55 Å². The van der Waals surface area contributed by atoms with Gasteiger partial charge in [0.25, 0.3) is 0 Å². The molecule has 0 atom stereocenters. The Balaban J connectivity index is 2.10. The van der Waals surface area contributed by atoms with Crippen LogP contribution in [0, 0.1) is 11.3 Å². The molecule has 0 spiro atoms. The van der Waals surface area contributed by atoms with Gasteiger partial charge < -0.3 is 9.30 Å². The second kappa shape index (κ2) is 6.27. The van der Waals surface area contributed by atoms with E-state index in [9.17, 15) is 5.26 Å². The molecule has 0 saturated heterocycles. The lowest BCUT2D eigenvalue weighted by Crippen LogP contribution is -1.96. The third-order valence-electron chi connectivity index (χ3n) is 3.64. The Morgan fingerprint density at radius 1 is 1.30 bits per heavy atom. The van der Waals surface area contributed by atoms with Crippen LogP contribution in [0.5, 0.6) is 5.75 Å². The Bertz CT molecular complexity index is 951. The molecule has 0 aliphatic heterocycles. The van der Waals surface area contributed by atoms with Crippen molar-refractivity contribution in [3.8, 4) is 11.8 Å². The molecule has 0 radical (unpaired) electrons. The minimum absolute atomic E-state index is 0.515. The van der Waals surface area contributed by atoms with Crippen molar-refractivity contribution < 1.29 is 4.74 Å². The molecule has 0 unspecified atom stereocenters. The maximum atomic E-state index is 9.55. The number of aryl methyl sites for hydroxylation is 1. The molecule has 0 aliphatic carbocycles. The monoisotopic (exact) mass is 367 g/mol. The number of imidazole rings is 1. The fraction of sp³-hybridized carbons (Fsp3) is 0.111. The third kappa shape index (κ3) is 2.86. The number of hydrogen-bond donors (Lipinski definition) is 0. The third-order valence-corrected chi connectivity index (χ3v) is 4.26. The van der Waals surface area contributed by atoms with E-state index in [1.54, 1.807) is 7.11 Å². The smallest absolute Gasteiger partial charge is 0.151 e. The van der Waals surface area contributed by atoms with Crippen molar-refractivity contribution in [2.75, 3.05) is 7.11 Å². The van der Waals surface area contributed by atoms with Crippen LogP contribution in [0.25, 0.3) is 22.7 Å². The predicted octanol–water partition coefficient (Wildman–Crippen LogP) is 4.41. The number of para-hydroxylation sites is 2. The maximum Gasteiger partial charge on any atom is 0.151 e. The summed E-state index contributed by atoms with van der Waals surface area (Å²) in [5.74, 6) is 1.41. The number of allylic oxidation sites excluding steroid dienone is 1. The Morgan fingerprint density at radius 2 is 2.09 bits per heavy atom. The zero-order valence-electron chi connectivity index (χ0n) is 12.7. The lowest BCUT2D eigenvalue weighted by Gasteiger charge is -2.05. The highest BCUT2D eigenvalue weighted by Gasteiger charge is 2.12. The van der Waals surface area contributed by atoms with E-state index in [0.29, 0.717) is 11.4 Å². The number of aromatic nitrogens is 2. The second-order valence-corrected chi connectivity index (χ2v) is 5.90. The van der Waals surface area contributed by atoms with Gasteiger partial charge in [0.05, 0.1) is 28.2 Å². The fourth-order valence-corrected chi connectivity index (χ4v) is 3.03. The Kier molecular flexibility index (Phi) is 4.18. The van der Waals surface area contributed by atoms with E-state index >= 15 is 0 Å². The van der Waals surface area contributed by atoms with Gasteiger partial charge in [-0.05, 0) is 51.8 Å². The van der Waals surface area contributed by atoms with Crippen molar-refractivity contribution in [2.24, 2.45) is 7.05 Å². The van der Waals surface area contributed by atoms with Gasteiger partial charge in [-0.3, -0.25) is 0 Å². The number of methoxy groups -OCH3 is 1. The second-order valence-electron chi connectivity index (χ2n) is 5.05. The first kappa shape index (κ1) is 15.3. The van der Waals surface area contributed by atoms with Crippen molar-refractivity contribution in [3.63, 3.8) is 0 Å². The predicted molar refractivity (Wildman–Crippen MR) is 94.9 cm³/mol. The molecule has 114 valence electrons. The van der Waals surface area contributed by atoms with E-state index in [-0.39, 0.29) is 0 Å². The number of ether oxygens (including phenoxy) is 1. The van der Waals surface area contributed by atoms with Crippen LogP contribution < -0.4 is 4.74 Å². The Labute approximate surface area is 142 Å². The largest absolute Gasteiger partial charge is 0.496 e. The minimum Gasteiger partial charge on any atom is -0.496 e. The van der Waals surface area contributed by atoms with Crippen molar-refractivity contribution >= 4 is 38.6 Å². The van der Waals surface area contributed by atoms with Crippen LogP contribution in [0.2, 0.25) is 0 Å². The van der Waals surface area contributed by atoms with Gasteiger partial charge in [0.1, 0.15) is 11.8 Å². The molecule has 0 aliphatic rings. The van der Waals surface area contributed by atoms with Gasteiger partial charge in [0.15, 0.2) is 5.82 Å². The van der Waals surface area contributed by atoms with Crippen LogP contribution in [0.15, 0.2) is 46.9 Å². The number of nitriles is 1. The number of fused-ring (bicyclic) bond motifs is 1. The van der Waals surface area contributed by atoms with Crippen molar-refractivity contribution in [2.45, 2.75) is 0 Å². The fourth-order valence-electron chi connectivity index (χ4n) is 2.47. The normalized spacial score (nSPS) is 11.5. The molecule has 3 aromatic rings. The molecule has 5 heteroatoms. The van der Waals surface area contributed by atoms with Gasteiger partial charge >= 0.3 is 0 Å². The molecular weight excluding hydrogens is 354 g/mol. The molecule has 0 fully saturated rings. The van der Waals surface area contributed by atoms with Gasteiger partial charge in [0, 0.05) is 7.05 Å². The Hall–Kier alpha value is -2.58. The molecule has 0 saturated carbocycles. The lowest BCUT2D eigenvalue weighted by atomic mass is 10.1. The van der Waals surface area contributed by atoms with Crippen LogP contribution in [-0.4, -0.2) is 16.7 Å². The molecule has 0 N–H and O–H groups in total. The quantitative estimate of drug-likeness (QED) is 0.644. The van der Waals surface area contributed by atoms with E-state index < -0.39 is 0 Å². The summed E-state index contributed by atoms with van der Waals surface area (Å²) in [7, 11) is 3.54. The summed E-state index contributed by atoms with van der Waals surface area (Å²) in [6.45, 7) is 0. The summed E-state index contributed by atoms with van der Waals surface area (Å²) in [4.78, 5) is 4.57. The highest BCUT2D eigenvalue weighted by molar-refractivity contribution is 9.10. The average molecular weight is 368 g/mol. The van der Waals surface area contributed by atoms with Crippen LogP contribution >= 0.6 is 15.9 Å². The maximum absolute atomic E-state index is 9.55. The molecular formula is C18H14BrN3O. The number of nitrogens with zero attached hydrogens (tertiary/aromatic N) is 3. The summed E-state index contributed by atoms with van der Waals surface area (Å²) in [6.07, 6.45) is 1.82. The minimum atomic E-state index is 0.515. The molecule has 2 aromatic carbocycles. The number of hydrogen-bond acceptors (Lipinski definition) is 3. The Morgan fingerprint density at radius 3 is 2.74 bits per heavy atom. The summed E-state index contributed by atoms with van der Waals surface area (Å²) in [5, 5.41) is 9.55. The van der Waals surface area contributed by atoms with Gasteiger partial charge in [0.2, 0.25) is 0 Å². The van der Waals surface area contributed by atoms with Gasteiger partial charge in [-0.15, -0.1) is 0 Å². The zero-order valence-corrected chi connectivity index (χ0v) is 14.3. The van der Waals surface area contributed by atoms with E-state index in [0.717, 1.165) is 26.8 Å². The number of halogens is 1. The highest BCUT2D eigenvalue weighted by Crippen LogP contribution is 2.28. The molecule has 0 bridgehead atoms. The molecule has 4 nitrogen and oxygen atoms in total. The first-order chi connectivity index (χ1) is 11.1. The van der Waals surface area contributed by atoms with Crippen molar-refractivity contribution in [3.05, 3.63) is 58.3 Å². The van der Waals surface area contributed by atoms with Crippen LogP contribution in [0.3, 0.4) is 0 Å².